The molecule has 28 heavy (non-hydrogen) atoms. The number of alkyl halides is 1. The van der Waals surface area contributed by atoms with Gasteiger partial charge in [-0.2, -0.15) is 0 Å². The van der Waals surface area contributed by atoms with Gasteiger partial charge in [0.05, 0.1) is 12.7 Å². The van der Waals surface area contributed by atoms with Gasteiger partial charge >= 0.3 is 5.97 Å². The van der Waals surface area contributed by atoms with E-state index in [0.29, 0.717) is 28.3 Å². The summed E-state index contributed by atoms with van der Waals surface area (Å²) in [7, 11) is 1.21. The van der Waals surface area contributed by atoms with Crippen LogP contribution in [-0.4, -0.2) is 23.3 Å². The average Bonchev–Trinajstić information content (AvgIpc) is 3.19. The monoisotopic (exact) mass is 464 g/mol. The first-order chi connectivity index (χ1) is 13.4. The van der Waals surface area contributed by atoms with Gasteiger partial charge in [-0.25, -0.2) is 9.18 Å². The summed E-state index contributed by atoms with van der Waals surface area (Å²) >= 11 is 4.87. The van der Waals surface area contributed by atoms with Crippen molar-refractivity contribution >= 4 is 33.2 Å². The zero-order chi connectivity index (χ0) is 20.3. The largest absolute Gasteiger partial charge is 0.465 e. The van der Waals surface area contributed by atoms with E-state index in [1.165, 1.54) is 19.2 Å². The van der Waals surface area contributed by atoms with Gasteiger partial charge < -0.3 is 9.47 Å². The second kappa shape index (κ2) is 8.79. The van der Waals surface area contributed by atoms with Gasteiger partial charge in [-0.15, -0.1) is 10.2 Å². The highest BCUT2D eigenvalue weighted by atomic mass is 79.9. The third kappa shape index (κ3) is 4.39. The molecule has 146 valence electrons. The van der Waals surface area contributed by atoms with Crippen LogP contribution >= 0.6 is 27.3 Å². The smallest absolute Gasteiger partial charge is 0.340 e. The van der Waals surface area contributed by atoms with E-state index in [4.69, 9.17) is 4.74 Å². The van der Waals surface area contributed by atoms with Crippen molar-refractivity contribution in [2.75, 3.05) is 7.11 Å². The molecule has 5 nitrogen and oxygen atoms in total. The third-order valence-electron chi connectivity index (χ3n) is 3.96. The van der Waals surface area contributed by atoms with E-state index in [1.54, 1.807) is 23.5 Å². The highest BCUT2D eigenvalue weighted by molar-refractivity contribution is 9.08. The predicted molar refractivity (Wildman–Crippen MR) is 110 cm³/mol. The van der Waals surface area contributed by atoms with Crippen LogP contribution < -0.4 is 4.74 Å². The summed E-state index contributed by atoms with van der Waals surface area (Å²) in [6, 6.07) is 9.98. The van der Waals surface area contributed by atoms with Crippen molar-refractivity contribution in [1.82, 2.24) is 10.2 Å². The summed E-state index contributed by atoms with van der Waals surface area (Å²) in [6.07, 6.45) is 0. The molecule has 0 bridgehead atoms. The van der Waals surface area contributed by atoms with E-state index in [9.17, 15) is 9.18 Å². The SMILES string of the molecule is COC(=O)c1cc(Oc2ccc(-c3nnc(C(C)C)s3)cc2)c(CBr)cc1F. The maximum Gasteiger partial charge on any atom is 0.340 e. The van der Waals surface area contributed by atoms with Crippen molar-refractivity contribution in [2.45, 2.75) is 25.1 Å². The van der Waals surface area contributed by atoms with Crippen LogP contribution in [0.2, 0.25) is 0 Å². The number of esters is 1. The second-order valence-corrected chi connectivity index (χ2v) is 7.86. The Morgan fingerprint density at radius 3 is 2.50 bits per heavy atom. The number of methoxy groups -OCH3 is 1. The first-order valence-corrected chi connectivity index (χ1v) is 10.4. The fourth-order valence-corrected chi connectivity index (χ4v) is 3.73. The third-order valence-corrected chi connectivity index (χ3v) is 5.84. The van der Waals surface area contributed by atoms with Gasteiger partial charge in [0.1, 0.15) is 27.3 Å². The van der Waals surface area contributed by atoms with Crippen molar-refractivity contribution < 1.29 is 18.7 Å². The molecule has 3 rings (SSSR count). The van der Waals surface area contributed by atoms with E-state index >= 15 is 0 Å². The molecule has 0 saturated carbocycles. The van der Waals surface area contributed by atoms with Crippen LogP contribution in [0, 0.1) is 5.82 Å². The van der Waals surface area contributed by atoms with Gasteiger partial charge in [0.25, 0.3) is 0 Å². The van der Waals surface area contributed by atoms with Crippen LogP contribution in [0.5, 0.6) is 11.5 Å². The van der Waals surface area contributed by atoms with Crippen molar-refractivity contribution in [1.29, 1.82) is 0 Å². The molecule has 0 N–H and O–H groups in total. The van der Waals surface area contributed by atoms with Crippen molar-refractivity contribution in [3.63, 3.8) is 0 Å². The lowest BCUT2D eigenvalue weighted by molar-refractivity contribution is 0.0595. The van der Waals surface area contributed by atoms with Crippen molar-refractivity contribution in [2.24, 2.45) is 0 Å². The van der Waals surface area contributed by atoms with Crippen LogP contribution in [0.3, 0.4) is 0 Å². The molecule has 2 aromatic carbocycles. The van der Waals surface area contributed by atoms with E-state index in [-0.39, 0.29) is 5.56 Å². The molecule has 0 aliphatic heterocycles. The zero-order valence-corrected chi connectivity index (χ0v) is 17.9. The molecule has 0 fully saturated rings. The zero-order valence-electron chi connectivity index (χ0n) is 15.5. The summed E-state index contributed by atoms with van der Waals surface area (Å²) < 4.78 is 24.6. The minimum atomic E-state index is -0.754. The molecule has 1 heterocycles. The van der Waals surface area contributed by atoms with Gasteiger partial charge in [-0.1, -0.05) is 41.1 Å². The Balaban J connectivity index is 1.86. The molecular weight excluding hydrogens is 447 g/mol. The quantitative estimate of drug-likeness (QED) is 0.333. The molecule has 0 aliphatic rings. The summed E-state index contributed by atoms with van der Waals surface area (Å²) in [4.78, 5) is 11.7. The number of halogens is 2. The highest BCUT2D eigenvalue weighted by Gasteiger charge is 2.17. The molecule has 0 unspecified atom stereocenters. The van der Waals surface area contributed by atoms with Crippen LogP contribution in [0.1, 0.15) is 40.7 Å². The predicted octanol–water partition coefficient (Wildman–Crippen LogP) is 5.94. The summed E-state index contributed by atoms with van der Waals surface area (Å²) in [5.74, 6) is -0.136. The van der Waals surface area contributed by atoms with Crippen LogP contribution in [0.25, 0.3) is 10.6 Å². The standard InChI is InChI=1S/C20H18BrFN2O3S/c1-11(2)18-23-24-19(28-18)12-4-6-14(7-5-12)27-17-9-15(20(25)26-3)16(22)8-13(17)10-21/h4-9,11H,10H2,1-3H3. The highest BCUT2D eigenvalue weighted by Crippen LogP contribution is 2.32. The Morgan fingerprint density at radius 2 is 1.93 bits per heavy atom. The maximum atomic E-state index is 14.1. The van der Waals surface area contributed by atoms with E-state index < -0.39 is 11.8 Å². The number of rotatable bonds is 6. The van der Waals surface area contributed by atoms with Crippen molar-refractivity contribution in [3.8, 4) is 22.1 Å². The molecule has 0 radical (unpaired) electrons. The summed E-state index contributed by atoms with van der Waals surface area (Å²) in [5, 5.41) is 10.6. The number of hydrogen-bond acceptors (Lipinski definition) is 6. The Hall–Kier alpha value is -2.32. The number of aromatic nitrogens is 2. The normalized spacial score (nSPS) is 10.9. The number of hydrogen-bond donors (Lipinski definition) is 0. The number of carbonyl (C=O) groups is 1. The molecule has 0 amide bonds. The van der Waals surface area contributed by atoms with Crippen molar-refractivity contribution in [3.05, 3.63) is 58.3 Å². The summed E-state index contributed by atoms with van der Waals surface area (Å²) in [6.45, 7) is 4.15. The number of nitrogens with zero attached hydrogens (tertiary/aromatic N) is 2. The van der Waals surface area contributed by atoms with E-state index in [2.05, 4.69) is 44.7 Å². The molecule has 8 heteroatoms. The van der Waals surface area contributed by atoms with Gasteiger partial charge in [0.15, 0.2) is 0 Å². The molecule has 0 aliphatic carbocycles. The van der Waals surface area contributed by atoms with Crippen LogP contribution in [0.15, 0.2) is 36.4 Å². The van der Waals surface area contributed by atoms with E-state index in [1.807, 2.05) is 12.1 Å². The first kappa shape index (κ1) is 20.4. The number of ether oxygens (including phenoxy) is 2. The molecule has 0 spiro atoms. The Bertz CT molecular complexity index is 990. The Labute approximate surface area is 174 Å². The molecule has 0 saturated heterocycles. The number of benzene rings is 2. The van der Waals surface area contributed by atoms with Gasteiger partial charge in [-0.05, 0) is 36.4 Å². The van der Waals surface area contributed by atoms with Gasteiger partial charge in [0.2, 0.25) is 0 Å². The van der Waals surface area contributed by atoms with Crippen LogP contribution in [0.4, 0.5) is 4.39 Å². The Kier molecular flexibility index (Phi) is 6.41. The van der Waals surface area contributed by atoms with E-state index in [0.717, 1.165) is 15.6 Å². The molecule has 0 atom stereocenters. The van der Waals surface area contributed by atoms with Gasteiger partial charge in [-0.3, -0.25) is 0 Å². The molecule has 1 aromatic heterocycles. The topological polar surface area (TPSA) is 61.3 Å². The number of carbonyl (C=O) groups excluding carboxylic acids is 1. The second-order valence-electron chi connectivity index (χ2n) is 6.29. The lowest BCUT2D eigenvalue weighted by Gasteiger charge is -2.12. The first-order valence-electron chi connectivity index (χ1n) is 8.51. The minimum Gasteiger partial charge on any atom is -0.465 e. The fourth-order valence-electron chi connectivity index (χ4n) is 2.44. The fraction of sp³-hybridized carbons (Fsp3) is 0.250. The van der Waals surface area contributed by atoms with Crippen LogP contribution in [-0.2, 0) is 10.1 Å². The average molecular weight is 465 g/mol. The molecule has 3 aromatic rings. The van der Waals surface area contributed by atoms with Gasteiger partial charge in [0, 0.05) is 22.4 Å². The lowest BCUT2D eigenvalue weighted by atomic mass is 10.1. The lowest BCUT2D eigenvalue weighted by Crippen LogP contribution is -2.06. The Morgan fingerprint density at radius 1 is 1.21 bits per heavy atom. The molecular formula is C20H18BrFN2O3S. The minimum absolute atomic E-state index is 0.172. The maximum absolute atomic E-state index is 14.1. The summed E-state index contributed by atoms with van der Waals surface area (Å²) in [5.41, 5.74) is 1.35.